The SMILES string of the molecule is CC/C=C\C/C=C\C/C=C\C/C=C\CCCCCCCCCCCCCCCCCCCCCCCCC(=O)OCC(COC(=O)CCCCCCCCCCC)OC(=O)CCCCCCCCCCCCCCCCCC. The summed E-state index contributed by atoms with van der Waals surface area (Å²) in [7, 11) is 0. The molecule has 0 aliphatic carbocycles. The quantitative estimate of drug-likeness (QED) is 0.0261. The van der Waals surface area contributed by atoms with Crippen LogP contribution in [0.15, 0.2) is 48.6 Å². The molecular formula is C72H132O6. The summed E-state index contributed by atoms with van der Waals surface area (Å²) in [4.78, 5) is 38.2. The van der Waals surface area contributed by atoms with Gasteiger partial charge in [-0.2, -0.15) is 0 Å². The molecule has 0 spiro atoms. The molecule has 6 nitrogen and oxygen atoms in total. The Kier molecular flexibility index (Phi) is 64.6. The third-order valence-electron chi connectivity index (χ3n) is 15.6. The van der Waals surface area contributed by atoms with E-state index in [4.69, 9.17) is 14.2 Å². The van der Waals surface area contributed by atoms with E-state index in [1.165, 1.54) is 250 Å². The third kappa shape index (κ3) is 64.2. The minimum absolute atomic E-state index is 0.0648. The van der Waals surface area contributed by atoms with Crippen molar-refractivity contribution in [1.29, 1.82) is 0 Å². The first kappa shape index (κ1) is 75.4. The van der Waals surface area contributed by atoms with Crippen LogP contribution in [-0.2, 0) is 28.6 Å². The topological polar surface area (TPSA) is 78.9 Å². The number of hydrogen-bond donors (Lipinski definition) is 0. The van der Waals surface area contributed by atoms with Crippen LogP contribution >= 0.6 is 0 Å². The van der Waals surface area contributed by atoms with Crippen molar-refractivity contribution < 1.29 is 28.6 Å². The number of carbonyl (C=O) groups excluding carboxylic acids is 3. The van der Waals surface area contributed by atoms with Crippen molar-refractivity contribution in [3.63, 3.8) is 0 Å². The molecule has 0 amide bonds. The molecule has 0 aromatic heterocycles. The highest BCUT2D eigenvalue weighted by Crippen LogP contribution is 2.18. The summed E-state index contributed by atoms with van der Waals surface area (Å²) in [6.07, 6.45) is 84.5. The van der Waals surface area contributed by atoms with Crippen LogP contribution in [0.5, 0.6) is 0 Å². The van der Waals surface area contributed by atoms with Crippen molar-refractivity contribution >= 4 is 17.9 Å². The lowest BCUT2D eigenvalue weighted by molar-refractivity contribution is -0.167. The number of unbranched alkanes of at least 4 members (excludes halogenated alkanes) is 45. The molecule has 6 heteroatoms. The third-order valence-corrected chi connectivity index (χ3v) is 15.6. The van der Waals surface area contributed by atoms with Gasteiger partial charge >= 0.3 is 17.9 Å². The van der Waals surface area contributed by atoms with Crippen molar-refractivity contribution in [3.8, 4) is 0 Å². The monoisotopic (exact) mass is 1090 g/mol. The summed E-state index contributed by atoms with van der Waals surface area (Å²) < 4.78 is 16.9. The van der Waals surface area contributed by atoms with E-state index in [1.54, 1.807) is 0 Å². The lowest BCUT2D eigenvalue weighted by Crippen LogP contribution is -2.30. The van der Waals surface area contributed by atoms with Crippen LogP contribution in [0.3, 0.4) is 0 Å². The highest BCUT2D eigenvalue weighted by Gasteiger charge is 2.19. The van der Waals surface area contributed by atoms with Gasteiger partial charge in [0, 0.05) is 19.3 Å². The fourth-order valence-electron chi connectivity index (χ4n) is 10.4. The zero-order valence-electron chi connectivity index (χ0n) is 52.5. The van der Waals surface area contributed by atoms with Crippen LogP contribution in [0.25, 0.3) is 0 Å². The van der Waals surface area contributed by atoms with Gasteiger partial charge in [-0.15, -0.1) is 0 Å². The van der Waals surface area contributed by atoms with E-state index >= 15 is 0 Å². The molecule has 0 bridgehead atoms. The molecule has 0 N–H and O–H groups in total. The van der Waals surface area contributed by atoms with Crippen LogP contribution < -0.4 is 0 Å². The van der Waals surface area contributed by atoms with Gasteiger partial charge in [-0.25, -0.2) is 0 Å². The Morgan fingerprint density at radius 2 is 0.500 bits per heavy atom. The lowest BCUT2D eigenvalue weighted by Gasteiger charge is -2.18. The standard InChI is InChI=1S/C72H132O6/c1-4-7-10-13-16-19-21-23-25-27-28-29-30-31-32-33-34-35-36-37-38-39-40-41-42-43-44-45-47-48-50-53-56-59-62-65-71(74)77-68-69(67-76-70(73)64-61-58-55-52-18-15-12-9-6-3)78-72(75)66-63-60-57-54-51-49-46-26-24-22-20-17-14-11-8-5-2/h7,10,16,19,23,25,28-29,69H,4-6,8-9,11-15,17-18,20-22,24,26-27,30-68H2,1-3H3/b10-7-,19-16-,25-23-,29-28-. The number of rotatable bonds is 64. The summed E-state index contributed by atoms with van der Waals surface area (Å²) in [5, 5.41) is 0. The first-order valence-corrected chi connectivity index (χ1v) is 34.6. The smallest absolute Gasteiger partial charge is 0.306 e. The summed E-state index contributed by atoms with van der Waals surface area (Å²) in [6.45, 7) is 6.57. The second-order valence-electron chi connectivity index (χ2n) is 23.4. The second-order valence-corrected chi connectivity index (χ2v) is 23.4. The Balaban J connectivity index is 3.98. The van der Waals surface area contributed by atoms with Gasteiger partial charge in [0.15, 0.2) is 6.10 Å². The Morgan fingerprint density at radius 3 is 0.782 bits per heavy atom. The molecule has 456 valence electrons. The highest BCUT2D eigenvalue weighted by molar-refractivity contribution is 5.71. The van der Waals surface area contributed by atoms with E-state index in [2.05, 4.69) is 69.4 Å². The molecule has 0 radical (unpaired) electrons. The molecule has 1 unspecified atom stereocenters. The van der Waals surface area contributed by atoms with Crippen molar-refractivity contribution in [1.82, 2.24) is 0 Å². The highest BCUT2D eigenvalue weighted by atomic mass is 16.6. The average Bonchev–Trinajstić information content (AvgIpc) is 3.44. The zero-order chi connectivity index (χ0) is 56.4. The Bertz CT molecular complexity index is 1350. The molecule has 0 saturated heterocycles. The molecule has 0 aromatic carbocycles. The minimum atomic E-state index is -0.765. The first-order chi connectivity index (χ1) is 38.5. The lowest BCUT2D eigenvalue weighted by atomic mass is 10.0. The molecule has 0 fully saturated rings. The Morgan fingerprint density at radius 1 is 0.269 bits per heavy atom. The van der Waals surface area contributed by atoms with Gasteiger partial charge in [0.2, 0.25) is 0 Å². The maximum absolute atomic E-state index is 12.9. The van der Waals surface area contributed by atoms with Gasteiger partial charge in [0.25, 0.3) is 0 Å². The molecule has 78 heavy (non-hydrogen) atoms. The molecular weight excluding hydrogens is 961 g/mol. The summed E-state index contributed by atoms with van der Waals surface area (Å²) in [5.41, 5.74) is 0. The van der Waals surface area contributed by atoms with Gasteiger partial charge in [-0.05, 0) is 57.8 Å². The molecule has 0 heterocycles. The molecule has 1 atom stereocenters. The maximum Gasteiger partial charge on any atom is 0.306 e. The zero-order valence-corrected chi connectivity index (χ0v) is 52.5. The van der Waals surface area contributed by atoms with Gasteiger partial charge in [-0.1, -0.05) is 345 Å². The Labute approximate surface area is 486 Å². The minimum Gasteiger partial charge on any atom is -0.462 e. The summed E-state index contributed by atoms with van der Waals surface area (Å²) >= 11 is 0. The van der Waals surface area contributed by atoms with Gasteiger partial charge in [0.05, 0.1) is 0 Å². The predicted molar refractivity (Wildman–Crippen MR) is 339 cm³/mol. The van der Waals surface area contributed by atoms with E-state index in [0.717, 1.165) is 83.5 Å². The van der Waals surface area contributed by atoms with Crippen LogP contribution in [0.4, 0.5) is 0 Å². The fourth-order valence-corrected chi connectivity index (χ4v) is 10.4. The van der Waals surface area contributed by atoms with E-state index in [-0.39, 0.29) is 31.1 Å². The summed E-state index contributed by atoms with van der Waals surface area (Å²) in [5.74, 6) is -0.840. The van der Waals surface area contributed by atoms with E-state index in [1.807, 2.05) is 0 Å². The number of allylic oxidation sites excluding steroid dienone is 8. The van der Waals surface area contributed by atoms with E-state index in [9.17, 15) is 14.4 Å². The number of carbonyl (C=O) groups is 3. The summed E-state index contributed by atoms with van der Waals surface area (Å²) in [6, 6.07) is 0. The molecule has 0 aliphatic rings. The largest absolute Gasteiger partial charge is 0.462 e. The van der Waals surface area contributed by atoms with Crippen LogP contribution in [0, 0.1) is 0 Å². The van der Waals surface area contributed by atoms with Crippen molar-refractivity contribution in [2.24, 2.45) is 0 Å². The van der Waals surface area contributed by atoms with E-state index < -0.39 is 6.10 Å². The van der Waals surface area contributed by atoms with Gasteiger partial charge in [-0.3, -0.25) is 14.4 Å². The molecule has 0 aromatic rings. The number of esters is 3. The van der Waals surface area contributed by atoms with Crippen molar-refractivity contribution in [3.05, 3.63) is 48.6 Å². The predicted octanol–water partition coefficient (Wildman–Crippen LogP) is 23.7. The van der Waals surface area contributed by atoms with Crippen LogP contribution in [0.1, 0.15) is 374 Å². The number of ether oxygens (including phenoxy) is 3. The second kappa shape index (κ2) is 66.9. The van der Waals surface area contributed by atoms with E-state index in [0.29, 0.717) is 19.3 Å². The molecule has 0 rings (SSSR count). The molecule has 0 saturated carbocycles. The van der Waals surface area contributed by atoms with Gasteiger partial charge < -0.3 is 14.2 Å². The van der Waals surface area contributed by atoms with Crippen LogP contribution in [-0.4, -0.2) is 37.2 Å². The first-order valence-electron chi connectivity index (χ1n) is 34.6. The Hall–Kier alpha value is -2.63. The average molecular weight is 1090 g/mol. The van der Waals surface area contributed by atoms with Gasteiger partial charge in [0.1, 0.15) is 13.2 Å². The maximum atomic E-state index is 12.9. The van der Waals surface area contributed by atoms with Crippen LogP contribution in [0.2, 0.25) is 0 Å². The number of hydrogen-bond acceptors (Lipinski definition) is 6. The normalized spacial score (nSPS) is 12.3. The van der Waals surface area contributed by atoms with Crippen molar-refractivity contribution in [2.45, 2.75) is 380 Å². The fraction of sp³-hybridized carbons (Fsp3) is 0.847. The molecule has 0 aliphatic heterocycles. The van der Waals surface area contributed by atoms with Crippen molar-refractivity contribution in [2.75, 3.05) is 13.2 Å².